The highest BCUT2D eigenvalue weighted by atomic mass is 16.1. The molecule has 2 aromatic rings. The predicted molar refractivity (Wildman–Crippen MR) is 112 cm³/mol. The van der Waals surface area contributed by atoms with Crippen LogP contribution in [0.5, 0.6) is 0 Å². The smallest absolute Gasteiger partial charge is 0.163 e. The van der Waals surface area contributed by atoms with E-state index >= 15 is 0 Å². The summed E-state index contributed by atoms with van der Waals surface area (Å²) < 4.78 is 0. The van der Waals surface area contributed by atoms with Crippen molar-refractivity contribution in [3.8, 4) is 0 Å². The van der Waals surface area contributed by atoms with Gasteiger partial charge in [-0.2, -0.15) is 0 Å². The standard InChI is InChI=1S/C24H28N2O/c1-5-26-20-9-7-6-8-18(20)25-19-14-24(3,4)15-21(27)22(19)23(26)17-12-10-16(2)11-13-17/h6-13,23,25H,5,14-15H2,1-4H3/t23-/m0/s1. The first-order valence-electron chi connectivity index (χ1n) is 9.85. The lowest BCUT2D eigenvalue weighted by Gasteiger charge is -2.37. The molecule has 0 aromatic heterocycles. The van der Waals surface area contributed by atoms with Gasteiger partial charge in [-0.3, -0.25) is 4.79 Å². The molecule has 0 radical (unpaired) electrons. The van der Waals surface area contributed by atoms with E-state index in [0.29, 0.717) is 6.42 Å². The fraction of sp³-hybridized carbons (Fsp3) is 0.375. The second-order valence-electron chi connectivity index (χ2n) is 8.57. The average molecular weight is 361 g/mol. The quantitative estimate of drug-likeness (QED) is 0.753. The summed E-state index contributed by atoms with van der Waals surface area (Å²) in [7, 11) is 0. The monoisotopic (exact) mass is 360 g/mol. The van der Waals surface area contributed by atoms with Crippen LogP contribution in [0, 0.1) is 12.3 Å². The maximum Gasteiger partial charge on any atom is 0.163 e. The van der Waals surface area contributed by atoms with E-state index < -0.39 is 0 Å². The predicted octanol–water partition coefficient (Wildman–Crippen LogP) is 5.63. The van der Waals surface area contributed by atoms with E-state index in [2.05, 4.69) is 86.4 Å². The fourth-order valence-corrected chi connectivity index (χ4v) is 4.50. The van der Waals surface area contributed by atoms with Crippen LogP contribution in [0.25, 0.3) is 0 Å². The van der Waals surface area contributed by atoms with Crippen molar-refractivity contribution in [2.75, 3.05) is 16.8 Å². The maximum atomic E-state index is 13.3. The number of nitrogens with one attached hydrogen (secondary N) is 1. The number of hydrogen-bond donors (Lipinski definition) is 1. The Morgan fingerprint density at radius 1 is 1.07 bits per heavy atom. The second-order valence-corrected chi connectivity index (χ2v) is 8.57. The number of hydrogen-bond acceptors (Lipinski definition) is 3. The number of fused-ring (bicyclic) bond motifs is 1. The number of rotatable bonds is 2. The number of Topliss-reactive ketones (excluding diaryl/α,β-unsaturated/α-hetero) is 1. The molecule has 3 nitrogen and oxygen atoms in total. The molecule has 4 rings (SSSR count). The zero-order chi connectivity index (χ0) is 19.2. The molecule has 140 valence electrons. The van der Waals surface area contributed by atoms with Gasteiger partial charge in [0.15, 0.2) is 5.78 Å². The van der Waals surface area contributed by atoms with E-state index in [1.165, 1.54) is 11.1 Å². The number of benzene rings is 2. The van der Waals surface area contributed by atoms with Crippen LogP contribution in [-0.2, 0) is 4.79 Å². The number of anilines is 2. The molecule has 0 fully saturated rings. The molecule has 1 atom stereocenters. The Balaban J connectivity index is 1.96. The molecule has 0 saturated heterocycles. The fourth-order valence-electron chi connectivity index (χ4n) is 4.50. The number of nitrogens with zero attached hydrogens (tertiary/aromatic N) is 1. The minimum absolute atomic E-state index is 0.0168. The van der Waals surface area contributed by atoms with Crippen LogP contribution < -0.4 is 10.2 Å². The molecule has 3 heteroatoms. The number of para-hydroxylation sites is 2. The first-order chi connectivity index (χ1) is 12.9. The molecule has 1 heterocycles. The lowest BCUT2D eigenvalue weighted by Crippen LogP contribution is -2.36. The number of carbonyl (C=O) groups excluding carboxylic acids is 1. The van der Waals surface area contributed by atoms with Crippen LogP contribution in [0.4, 0.5) is 11.4 Å². The summed E-state index contributed by atoms with van der Waals surface area (Å²) in [6.07, 6.45) is 1.49. The topological polar surface area (TPSA) is 32.3 Å². The van der Waals surface area contributed by atoms with Crippen LogP contribution in [-0.4, -0.2) is 12.3 Å². The Kier molecular flexibility index (Phi) is 4.33. The SMILES string of the molecule is CCN1c2ccccc2NC2=C(C(=O)CC(C)(C)C2)[C@@H]1c1ccc(C)cc1. The van der Waals surface area contributed by atoms with Crippen molar-refractivity contribution < 1.29 is 4.79 Å². The van der Waals surface area contributed by atoms with Gasteiger partial charge < -0.3 is 10.2 Å². The Bertz CT molecular complexity index is 908. The molecular weight excluding hydrogens is 332 g/mol. The summed E-state index contributed by atoms with van der Waals surface area (Å²) in [4.78, 5) is 15.7. The first-order valence-corrected chi connectivity index (χ1v) is 9.85. The highest BCUT2D eigenvalue weighted by Gasteiger charge is 2.40. The highest BCUT2D eigenvalue weighted by Crippen LogP contribution is 2.47. The lowest BCUT2D eigenvalue weighted by molar-refractivity contribution is -0.118. The highest BCUT2D eigenvalue weighted by molar-refractivity contribution is 6.01. The van der Waals surface area contributed by atoms with Gasteiger partial charge >= 0.3 is 0 Å². The molecule has 27 heavy (non-hydrogen) atoms. The lowest BCUT2D eigenvalue weighted by atomic mass is 9.73. The van der Waals surface area contributed by atoms with E-state index in [9.17, 15) is 4.79 Å². The van der Waals surface area contributed by atoms with E-state index in [1.807, 2.05) is 0 Å². The van der Waals surface area contributed by atoms with Crippen molar-refractivity contribution in [3.05, 3.63) is 70.9 Å². The first kappa shape index (κ1) is 17.8. The van der Waals surface area contributed by atoms with Crippen molar-refractivity contribution in [1.82, 2.24) is 0 Å². The summed E-state index contributed by atoms with van der Waals surface area (Å²) in [5.41, 5.74) is 6.68. The third-order valence-corrected chi connectivity index (χ3v) is 5.74. The third-order valence-electron chi connectivity index (χ3n) is 5.74. The molecule has 0 amide bonds. The zero-order valence-corrected chi connectivity index (χ0v) is 16.7. The molecule has 2 aliphatic rings. The van der Waals surface area contributed by atoms with Gasteiger partial charge in [0.25, 0.3) is 0 Å². The average Bonchev–Trinajstić information content (AvgIpc) is 2.75. The summed E-state index contributed by atoms with van der Waals surface area (Å²) in [6.45, 7) is 9.48. The molecule has 0 unspecified atom stereocenters. The Hall–Kier alpha value is -2.55. The second kappa shape index (κ2) is 6.56. The van der Waals surface area contributed by atoms with Crippen molar-refractivity contribution in [1.29, 1.82) is 0 Å². The molecule has 1 aliphatic heterocycles. The Morgan fingerprint density at radius 3 is 2.48 bits per heavy atom. The summed E-state index contributed by atoms with van der Waals surface area (Å²) in [6, 6.07) is 17.0. The van der Waals surface area contributed by atoms with Crippen molar-refractivity contribution in [3.63, 3.8) is 0 Å². The van der Waals surface area contributed by atoms with Gasteiger partial charge in [-0.25, -0.2) is 0 Å². The maximum absolute atomic E-state index is 13.3. The molecule has 2 aromatic carbocycles. The number of aryl methyl sites for hydroxylation is 1. The zero-order valence-electron chi connectivity index (χ0n) is 16.7. The number of ketones is 1. The molecule has 0 spiro atoms. The summed E-state index contributed by atoms with van der Waals surface area (Å²) in [5, 5.41) is 3.64. The number of carbonyl (C=O) groups is 1. The normalized spacial score (nSPS) is 21.3. The van der Waals surface area contributed by atoms with Gasteiger partial charge in [-0.05, 0) is 43.4 Å². The van der Waals surface area contributed by atoms with Gasteiger partial charge in [-0.1, -0.05) is 55.8 Å². The van der Waals surface area contributed by atoms with E-state index in [0.717, 1.165) is 35.6 Å². The van der Waals surface area contributed by atoms with Crippen LogP contribution in [0.1, 0.15) is 50.8 Å². The van der Waals surface area contributed by atoms with Gasteiger partial charge in [0.05, 0.1) is 17.4 Å². The largest absolute Gasteiger partial charge is 0.359 e. The van der Waals surface area contributed by atoms with Gasteiger partial charge in [0.1, 0.15) is 0 Å². The molecular formula is C24H28N2O. The third kappa shape index (κ3) is 3.16. The number of likely N-dealkylation sites (N-methyl/N-ethyl adjacent to an activating group) is 1. The summed E-state index contributed by atoms with van der Waals surface area (Å²) >= 11 is 0. The molecule has 0 bridgehead atoms. The van der Waals surface area contributed by atoms with E-state index in [4.69, 9.17) is 0 Å². The van der Waals surface area contributed by atoms with Gasteiger partial charge in [-0.15, -0.1) is 0 Å². The van der Waals surface area contributed by atoms with Crippen LogP contribution in [0.3, 0.4) is 0 Å². The van der Waals surface area contributed by atoms with Crippen molar-refractivity contribution in [2.45, 2.75) is 46.6 Å². The van der Waals surface area contributed by atoms with Crippen LogP contribution in [0.15, 0.2) is 59.8 Å². The van der Waals surface area contributed by atoms with Crippen LogP contribution >= 0.6 is 0 Å². The summed E-state index contributed by atoms with van der Waals surface area (Å²) in [5.74, 6) is 0.269. The van der Waals surface area contributed by atoms with Crippen molar-refractivity contribution >= 4 is 17.2 Å². The molecule has 1 aliphatic carbocycles. The van der Waals surface area contributed by atoms with Gasteiger partial charge in [0.2, 0.25) is 0 Å². The molecule has 0 saturated carbocycles. The molecule has 1 N–H and O–H groups in total. The van der Waals surface area contributed by atoms with E-state index in [-0.39, 0.29) is 17.2 Å². The van der Waals surface area contributed by atoms with E-state index in [1.54, 1.807) is 0 Å². The van der Waals surface area contributed by atoms with Crippen molar-refractivity contribution in [2.24, 2.45) is 5.41 Å². The minimum Gasteiger partial charge on any atom is -0.359 e. The van der Waals surface area contributed by atoms with Crippen LogP contribution in [0.2, 0.25) is 0 Å². The Morgan fingerprint density at radius 2 is 1.78 bits per heavy atom. The Labute approximate surface area is 162 Å². The minimum atomic E-state index is -0.0506. The van der Waals surface area contributed by atoms with Gasteiger partial charge in [0, 0.05) is 24.2 Å². The number of allylic oxidation sites excluding steroid dienone is 1.